The SMILES string of the molecule is COCOc1cc(OCc2ccccc2)c2c(c1)O[C@H](c1ccc(OCc3ccccc3)c(OC)c1)[C@H](O)C2. The highest BCUT2D eigenvalue weighted by atomic mass is 16.7. The van der Waals surface area contributed by atoms with Gasteiger partial charge in [-0.3, -0.25) is 0 Å². The third-order valence-electron chi connectivity index (χ3n) is 6.49. The highest BCUT2D eigenvalue weighted by molar-refractivity contribution is 5.53. The van der Waals surface area contributed by atoms with Crippen molar-refractivity contribution >= 4 is 0 Å². The van der Waals surface area contributed by atoms with Crippen LogP contribution in [0.1, 0.15) is 28.4 Å². The summed E-state index contributed by atoms with van der Waals surface area (Å²) in [5.41, 5.74) is 3.65. The highest BCUT2D eigenvalue weighted by Gasteiger charge is 2.33. The molecule has 0 fully saturated rings. The van der Waals surface area contributed by atoms with E-state index in [9.17, 15) is 5.11 Å². The van der Waals surface area contributed by atoms with Crippen molar-refractivity contribution in [3.8, 4) is 28.7 Å². The number of fused-ring (bicyclic) bond motifs is 1. The minimum atomic E-state index is -0.803. The van der Waals surface area contributed by atoms with Crippen LogP contribution in [0, 0.1) is 0 Å². The van der Waals surface area contributed by atoms with Crippen LogP contribution >= 0.6 is 0 Å². The summed E-state index contributed by atoms with van der Waals surface area (Å²) < 4.78 is 34.9. The van der Waals surface area contributed by atoms with Gasteiger partial charge in [0.2, 0.25) is 0 Å². The van der Waals surface area contributed by atoms with Gasteiger partial charge in [-0.25, -0.2) is 0 Å². The van der Waals surface area contributed by atoms with Gasteiger partial charge in [-0.2, -0.15) is 0 Å². The van der Waals surface area contributed by atoms with E-state index >= 15 is 0 Å². The monoisotopic (exact) mass is 528 g/mol. The van der Waals surface area contributed by atoms with Gasteiger partial charge in [-0.05, 0) is 28.8 Å². The molecule has 0 aliphatic carbocycles. The Bertz CT molecular complexity index is 1360. The molecule has 39 heavy (non-hydrogen) atoms. The molecule has 0 unspecified atom stereocenters. The fourth-order valence-electron chi connectivity index (χ4n) is 4.51. The molecule has 1 N–H and O–H groups in total. The van der Waals surface area contributed by atoms with Crippen LogP contribution in [0.25, 0.3) is 0 Å². The van der Waals surface area contributed by atoms with Gasteiger partial charge in [0.25, 0.3) is 0 Å². The highest BCUT2D eigenvalue weighted by Crippen LogP contribution is 2.44. The Balaban J connectivity index is 1.38. The average Bonchev–Trinajstić information content (AvgIpc) is 2.98. The van der Waals surface area contributed by atoms with E-state index in [1.54, 1.807) is 26.4 Å². The first-order chi connectivity index (χ1) is 19.1. The molecule has 0 bridgehead atoms. The average molecular weight is 529 g/mol. The maximum Gasteiger partial charge on any atom is 0.188 e. The zero-order chi connectivity index (χ0) is 27.0. The summed E-state index contributed by atoms with van der Waals surface area (Å²) >= 11 is 0. The molecule has 0 spiro atoms. The summed E-state index contributed by atoms with van der Waals surface area (Å²) in [5, 5.41) is 11.2. The van der Waals surface area contributed by atoms with E-state index in [0.29, 0.717) is 48.4 Å². The summed E-state index contributed by atoms with van der Waals surface area (Å²) in [6, 6.07) is 29.0. The number of hydrogen-bond donors (Lipinski definition) is 1. The predicted molar refractivity (Wildman–Crippen MR) is 147 cm³/mol. The Kier molecular flexibility index (Phi) is 8.51. The van der Waals surface area contributed by atoms with Gasteiger partial charge in [0.1, 0.15) is 36.6 Å². The maximum absolute atomic E-state index is 11.2. The first-order valence-electron chi connectivity index (χ1n) is 12.8. The van der Waals surface area contributed by atoms with Gasteiger partial charge < -0.3 is 33.5 Å². The number of rotatable bonds is 11. The molecule has 7 heteroatoms. The molecule has 4 aromatic rings. The van der Waals surface area contributed by atoms with E-state index in [0.717, 1.165) is 22.3 Å². The zero-order valence-corrected chi connectivity index (χ0v) is 22.0. The Morgan fingerprint density at radius 1 is 0.744 bits per heavy atom. The van der Waals surface area contributed by atoms with Crippen LogP contribution in [0.2, 0.25) is 0 Å². The molecule has 4 aromatic carbocycles. The van der Waals surface area contributed by atoms with Crippen LogP contribution < -0.4 is 23.7 Å². The Hall–Kier alpha value is -4.20. The lowest BCUT2D eigenvalue weighted by molar-refractivity contribution is 0.0183. The second-order valence-electron chi connectivity index (χ2n) is 9.22. The maximum atomic E-state index is 11.2. The summed E-state index contributed by atoms with van der Waals surface area (Å²) in [6.45, 7) is 0.884. The largest absolute Gasteiger partial charge is 0.493 e. The summed E-state index contributed by atoms with van der Waals surface area (Å²) in [5.74, 6) is 2.92. The molecule has 202 valence electrons. The number of ether oxygens (including phenoxy) is 6. The Labute approximate surface area is 228 Å². The number of aliphatic hydroxyl groups is 1. The van der Waals surface area contributed by atoms with E-state index in [4.69, 9.17) is 28.4 Å². The van der Waals surface area contributed by atoms with Crippen molar-refractivity contribution in [2.75, 3.05) is 21.0 Å². The van der Waals surface area contributed by atoms with E-state index < -0.39 is 12.2 Å². The molecule has 0 saturated carbocycles. The number of benzene rings is 4. The molecule has 5 rings (SSSR count). The molecule has 7 nitrogen and oxygen atoms in total. The molecule has 0 radical (unpaired) electrons. The minimum Gasteiger partial charge on any atom is -0.493 e. The number of hydrogen-bond acceptors (Lipinski definition) is 7. The first-order valence-corrected chi connectivity index (χ1v) is 12.8. The lowest BCUT2D eigenvalue weighted by Crippen LogP contribution is -2.30. The fraction of sp³-hybridized carbons (Fsp3) is 0.250. The van der Waals surface area contributed by atoms with E-state index in [2.05, 4.69) is 0 Å². The smallest absolute Gasteiger partial charge is 0.188 e. The van der Waals surface area contributed by atoms with Crippen molar-refractivity contribution in [2.45, 2.75) is 31.8 Å². The topological polar surface area (TPSA) is 75.6 Å². The van der Waals surface area contributed by atoms with Gasteiger partial charge >= 0.3 is 0 Å². The van der Waals surface area contributed by atoms with Crippen molar-refractivity contribution in [3.05, 3.63) is 113 Å². The quantitative estimate of drug-likeness (QED) is 0.244. The van der Waals surface area contributed by atoms with Crippen molar-refractivity contribution in [1.29, 1.82) is 0 Å². The normalized spacial score (nSPS) is 16.1. The lowest BCUT2D eigenvalue weighted by atomic mass is 9.93. The third-order valence-corrected chi connectivity index (χ3v) is 6.49. The summed E-state index contributed by atoms with van der Waals surface area (Å²) in [6.07, 6.45) is -1.07. The molecule has 0 aromatic heterocycles. The summed E-state index contributed by atoms with van der Waals surface area (Å²) in [7, 11) is 3.16. The molecule has 1 aliphatic heterocycles. The zero-order valence-electron chi connectivity index (χ0n) is 22.0. The molecular weight excluding hydrogens is 496 g/mol. The molecule has 0 saturated heterocycles. The van der Waals surface area contributed by atoms with Crippen molar-refractivity contribution in [2.24, 2.45) is 0 Å². The standard InChI is InChI=1S/C32H32O7/c1-34-21-38-25-16-29(37-20-23-11-7-4-8-12-23)26-18-27(33)32(39-30(26)17-25)24-13-14-28(31(15-24)35-2)36-19-22-9-5-3-6-10-22/h3-17,27,32-33H,18-21H2,1-2H3/t27-,32-/m1/s1. The van der Waals surface area contributed by atoms with Crippen LogP contribution in [0.3, 0.4) is 0 Å². The molecule has 1 aliphatic rings. The molecule has 0 amide bonds. The van der Waals surface area contributed by atoms with Crippen molar-refractivity contribution < 1.29 is 33.5 Å². The second-order valence-corrected chi connectivity index (χ2v) is 9.22. The number of aliphatic hydroxyl groups excluding tert-OH is 1. The van der Waals surface area contributed by atoms with Crippen LogP contribution in [-0.2, 0) is 24.4 Å². The van der Waals surface area contributed by atoms with Crippen LogP contribution in [0.15, 0.2) is 91.0 Å². The van der Waals surface area contributed by atoms with Crippen LogP contribution in [0.5, 0.6) is 28.7 Å². The van der Waals surface area contributed by atoms with Gasteiger partial charge in [0.05, 0.1) is 13.2 Å². The van der Waals surface area contributed by atoms with Crippen molar-refractivity contribution in [3.63, 3.8) is 0 Å². The molecule has 2 atom stereocenters. The fourth-order valence-corrected chi connectivity index (χ4v) is 4.51. The predicted octanol–water partition coefficient (Wildman–Crippen LogP) is 5.87. The molecule has 1 heterocycles. The lowest BCUT2D eigenvalue weighted by Gasteiger charge is -2.32. The van der Waals surface area contributed by atoms with Crippen molar-refractivity contribution in [1.82, 2.24) is 0 Å². The van der Waals surface area contributed by atoms with Gasteiger partial charge in [0, 0.05) is 31.2 Å². The minimum absolute atomic E-state index is 0.0879. The van der Waals surface area contributed by atoms with E-state index in [1.807, 2.05) is 78.9 Å². The molecular formula is C32H32O7. The Morgan fingerprint density at radius 2 is 1.41 bits per heavy atom. The first kappa shape index (κ1) is 26.4. The third kappa shape index (κ3) is 6.45. The van der Waals surface area contributed by atoms with Crippen LogP contribution in [-0.4, -0.2) is 32.2 Å². The number of methoxy groups -OCH3 is 2. The Morgan fingerprint density at radius 3 is 2.05 bits per heavy atom. The van der Waals surface area contributed by atoms with Crippen LogP contribution in [0.4, 0.5) is 0 Å². The van der Waals surface area contributed by atoms with Gasteiger partial charge in [0.15, 0.2) is 18.3 Å². The van der Waals surface area contributed by atoms with Gasteiger partial charge in [-0.1, -0.05) is 66.7 Å². The summed E-state index contributed by atoms with van der Waals surface area (Å²) in [4.78, 5) is 0. The second kappa shape index (κ2) is 12.6. The van der Waals surface area contributed by atoms with Gasteiger partial charge in [-0.15, -0.1) is 0 Å². The van der Waals surface area contributed by atoms with E-state index in [-0.39, 0.29) is 6.79 Å². The van der Waals surface area contributed by atoms with E-state index in [1.165, 1.54) is 0 Å².